The maximum atomic E-state index is 12.0. The molecule has 0 radical (unpaired) electrons. The zero-order valence-electron chi connectivity index (χ0n) is 17.4. The van der Waals surface area contributed by atoms with Crippen molar-refractivity contribution in [1.29, 1.82) is 0 Å². The van der Waals surface area contributed by atoms with Gasteiger partial charge in [-0.25, -0.2) is 0 Å². The number of hydrogen-bond donors (Lipinski definition) is 1. The molecular weight excluding hydrogens is 415 g/mol. The predicted octanol–water partition coefficient (Wildman–Crippen LogP) is 2.49. The molecule has 0 atom stereocenters. The molecular formula is C22H29KO5S. The van der Waals surface area contributed by atoms with Gasteiger partial charge in [0.15, 0.2) is 0 Å². The van der Waals surface area contributed by atoms with Crippen molar-refractivity contribution in [3.05, 3.63) is 48.0 Å². The molecule has 2 rings (SSSR count). The maximum absolute atomic E-state index is 12.0. The quantitative estimate of drug-likeness (QED) is 0.309. The van der Waals surface area contributed by atoms with Crippen LogP contribution in [0.25, 0.3) is 0 Å². The van der Waals surface area contributed by atoms with Gasteiger partial charge in [0.05, 0.1) is 4.90 Å². The summed E-state index contributed by atoms with van der Waals surface area (Å²) in [5.74, 6) is -0.0333. The number of ether oxygens (including phenoxy) is 1. The first-order chi connectivity index (χ1) is 13.4. The van der Waals surface area contributed by atoms with Crippen molar-refractivity contribution in [1.82, 2.24) is 0 Å². The Morgan fingerprint density at radius 3 is 2.21 bits per heavy atom. The largest absolute Gasteiger partial charge is 1.00 e. The summed E-state index contributed by atoms with van der Waals surface area (Å²) in [4.78, 5) is -0.437. The molecule has 0 aliphatic carbocycles. The van der Waals surface area contributed by atoms with E-state index in [2.05, 4.69) is 6.92 Å². The Morgan fingerprint density at radius 2 is 1.59 bits per heavy atom. The summed E-state index contributed by atoms with van der Waals surface area (Å²) in [6, 6.07) is 10.8. The van der Waals surface area contributed by atoms with Gasteiger partial charge in [0.25, 0.3) is 10.1 Å². The molecule has 7 heteroatoms. The summed E-state index contributed by atoms with van der Waals surface area (Å²) in [6.45, 7) is 2.23. The summed E-state index contributed by atoms with van der Waals surface area (Å²) in [5.41, 5.74) is 1.14. The van der Waals surface area contributed by atoms with Crippen molar-refractivity contribution in [3.8, 4) is 17.2 Å². The Hall–Kier alpha value is -0.414. The first-order valence-corrected chi connectivity index (χ1v) is 11.4. The molecule has 5 nitrogen and oxygen atoms in total. The molecule has 2 aromatic carbocycles. The monoisotopic (exact) mass is 444 g/mol. The van der Waals surface area contributed by atoms with Crippen LogP contribution in [0.3, 0.4) is 0 Å². The average molecular weight is 445 g/mol. The van der Waals surface area contributed by atoms with Crippen LogP contribution < -0.4 is 61.2 Å². The molecule has 154 valence electrons. The molecule has 0 heterocycles. The van der Waals surface area contributed by atoms with E-state index >= 15 is 0 Å². The fourth-order valence-electron chi connectivity index (χ4n) is 3.09. The molecule has 29 heavy (non-hydrogen) atoms. The first-order valence-electron chi connectivity index (χ1n) is 9.95. The Balaban J connectivity index is 0.00000420. The van der Waals surface area contributed by atoms with E-state index in [9.17, 15) is 13.5 Å². The molecule has 0 saturated carbocycles. The number of unbranched alkanes of at least 4 members (excludes halogenated alkanes) is 7. The normalized spacial score (nSPS) is 11.1. The fourth-order valence-corrected chi connectivity index (χ4v) is 3.58. The summed E-state index contributed by atoms with van der Waals surface area (Å²) < 4.78 is 36.8. The number of rotatable bonds is 12. The van der Waals surface area contributed by atoms with Gasteiger partial charge in [0.1, 0.15) is 11.5 Å². The van der Waals surface area contributed by atoms with Crippen molar-refractivity contribution < 1.29 is 74.2 Å². The van der Waals surface area contributed by atoms with Crippen molar-refractivity contribution in [2.45, 2.75) is 69.6 Å². The van der Waals surface area contributed by atoms with Gasteiger partial charge in [-0.15, -0.1) is 0 Å². The molecule has 0 aromatic heterocycles. The van der Waals surface area contributed by atoms with Crippen molar-refractivity contribution >= 4 is 10.1 Å². The topological polar surface area (TPSA) is 86.7 Å². The van der Waals surface area contributed by atoms with Crippen LogP contribution in [0, 0.1) is 0 Å². The van der Waals surface area contributed by atoms with Crippen molar-refractivity contribution in [2.24, 2.45) is 0 Å². The number of hydrogen-bond acceptors (Lipinski definition) is 4. The number of aryl methyl sites for hydroxylation is 1. The summed E-state index contributed by atoms with van der Waals surface area (Å²) in [6.07, 6.45) is 11.1. The van der Waals surface area contributed by atoms with E-state index in [4.69, 9.17) is 9.29 Å². The van der Waals surface area contributed by atoms with E-state index in [0.29, 0.717) is 5.75 Å². The summed E-state index contributed by atoms with van der Waals surface area (Å²) >= 11 is 0. The van der Waals surface area contributed by atoms with Crippen LogP contribution in [-0.2, 0) is 16.5 Å². The molecule has 0 aliphatic rings. The standard InChI is InChI=1S/C22H30O5S.K/c1-2-3-4-5-6-7-8-9-11-18-12-10-13-19(16-18)27-22-15-14-20(17-21(22)23)28(24,25)26;/h10,12-17,23H,2-9,11H2,1H3,(H,24,25,26);/q;+1/p-1. The molecule has 0 aliphatic heterocycles. The predicted molar refractivity (Wildman–Crippen MR) is 109 cm³/mol. The average Bonchev–Trinajstić information content (AvgIpc) is 2.65. The molecule has 0 spiro atoms. The van der Waals surface area contributed by atoms with Gasteiger partial charge in [0, 0.05) is 0 Å². The maximum Gasteiger partial charge on any atom is 1.00 e. The Labute approximate surface area is 217 Å². The van der Waals surface area contributed by atoms with Gasteiger partial charge in [-0.3, -0.25) is 4.55 Å². The van der Waals surface area contributed by atoms with Crippen molar-refractivity contribution in [2.75, 3.05) is 0 Å². The van der Waals surface area contributed by atoms with E-state index in [0.717, 1.165) is 30.5 Å². The van der Waals surface area contributed by atoms with Gasteiger partial charge in [-0.1, -0.05) is 69.8 Å². The van der Waals surface area contributed by atoms with E-state index in [1.54, 1.807) is 6.07 Å². The van der Waals surface area contributed by atoms with E-state index in [1.807, 2.05) is 18.2 Å². The molecule has 0 saturated heterocycles. The molecule has 0 bridgehead atoms. The van der Waals surface area contributed by atoms with E-state index in [1.165, 1.54) is 51.0 Å². The van der Waals surface area contributed by atoms with Crippen LogP contribution >= 0.6 is 0 Å². The van der Waals surface area contributed by atoms with E-state index in [-0.39, 0.29) is 57.1 Å². The first kappa shape index (κ1) is 26.6. The molecule has 2 aromatic rings. The van der Waals surface area contributed by atoms with Gasteiger partial charge >= 0.3 is 51.4 Å². The Bertz CT molecular complexity index is 852. The second-order valence-corrected chi connectivity index (χ2v) is 8.48. The Kier molecular flexibility index (Phi) is 12.7. The van der Waals surface area contributed by atoms with Crippen LogP contribution in [0.15, 0.2) is 47.4 Å². The minimum atomic E-state index is -4.40. The molecule has 0 fully saturated rings. The second-order valence-electron chi connectivity index (χ2n) is 7.06. The van der Waals surface area contributed by atoms with Crippen LogP contribution in [0.2, 0.25) is 0 Å². The van der Waals surface area contributed by atoms with Gasteiger partial charge in [-0.05, 0) is 48.7 Å². The van der Waals surface area contributed by atoms with Crippen molar-refractivity contribution in [3.63, 3.8) is 0 Å². The number of benzene rings is 2. The zero-order chi connectivity index (χ0) is 20.4. The van der Waals surface area contributed by atoms with Crippen LogP contribution in [0.5, 0.6) is 17.2 Å². The summed E-state index contributed by atoms with van der Waals surface area (Å²) in [7, 11) is -4.40. The fraction of sp³-hybridized carbons (Fsp3) is 0.455. The molecule has 1 N–H and O–H groups in total. The third-order valence-electron chi connectivity index (χ3n) is 4.66. The van der Waals surface area contributed by atoms with Gasteiger partial charge in [0.2, 0.25) is 0 Å². The van der Waals surface area contributed by atoms with Crippen LogP contribution in [0.4, 0.5) is 0 Å². The Morgan fingerprint density at radius 1 is 0.931 bits per heavy atom. The zero-order valence-corrected chi connectivity index (χ0v) is 21.3. The third-order valence-corrected chi connectivity index (χ3v) is 5.51. The van der Waals surface area contributed by atoms with Crippen LogP contribution in [0.1, 0.15) is 63.9 Å². The SMILES string of the molecule is CCCCCCCCCCc1cccc(Oc2ccc(S(=O)(=O)O)cc2[O-])c1.[K+]. The minimum Gasteiger partial charge on any atom is -0.870 e. The second kappa shape index (κ2) is 13.8. The molecule has 0 amide bonds. The minimum absolute atomic E-state index is 0. The van der Waals surface area contributed by atoms with Gasteiger partial charge in [-0.2, -0.15) is 8.42 Å². The van der Waals surface area contributed by atoms with Gasteiger partial charge < -0.3 is 9.84 Å². The van der Waals surface area contributed by atoms with E-state index < -0.39 is 20.8 Å². The summed E-state index contributed by atoms with van der Waals surface area (Å²) in [5, 5.41) is 12.0. The van der Waals surface area contributed by atoms with Crippen LogP contribution in [-0.4, -0.2) is 13.0 Å². The smallest absolute Gasteiger partial charge is 0.870 e. The molecule has 0 unspecified atom stereocenters. The third kappa shape index (κ3) is 9.96.